The summed E-state index contributed by atoms with van der Waals surface area (Å²) in [7, 11) is 12.1. The van der Waals surface area contributed by atoms with Gasteiger partial charge in [0.25, 0.3) is 0 Å². The minimum atomic E-state index is -2.53. The maximum atomic E-state index is 8.99. The Morgan fingerprint density at radius 3 is 1.08 bits per heavy atom. The van der Waals surface area contributed by atoms with Crippen LogP contribution in [0.1, 0.15) is 222 Å². The van der Waals surface area contributed by atoms with Crippen molar-refractivity contribution in [3.8, 4) is 101 Å². The molecule has 4 aliphatic rings. The summed E-state index contributed by atoms with van der Waals surface area (Å²) in [5, 5.41) is 0. The quantitative estimate of drug-likeness (QED) is 0.0955. The Bertz CT molecular complexity index is 6870. The number of hydrogen-bond donors (Lipinski definition) is 0. The van der Waals surface area contributed by atoms with Crippen LogP contribution in [0.2, 0.25) is 0 Å². The molecule has 0 radical (unpaired) electrons. The molecule has 0 saturated heterocycles. The molecule has 0 unspecified atom stereocenters. The average Bonchev–Trinajstić information content (AvgIpc) is 0.888. The van der Waals surface area contributed by atoms with Crippen molar-refractivity contribution in [2.45, 2.75) is 209 Å². The maximum Gasteiger partial charge on any atom is 0.220 e. The largest absolute Gasteiger partial charge is 0.264 e. The Morgan fingerprint density at radius 1 is 0.285 bits per heavy atom. The lowest BCUT2D eigenvalue weighted by atomic mass is 9.82. The van der Waals surface area contributed by atoms with Crippen LogP contribution in [0.15, 0.2) is 287 Å². The second-order valence-electron chi connectivity index (χ2n) is 35.8. The molecule has 11 heterocycles. The van der Waals surface area contributed by atoms with Gasteiger partial charge in [0.05, 0.1) is 38.9 Å². The molecule has 4 fully saturated rings. The molecule has 4 saturated carbocycles. The molecule has 0 bridgehead atoms. The zero-order chi connectivity index (χ0) is 102. The summed E-state index contributed by atoms with van der Waals surface area (Å²) in [4.78, 5) is 20.9. The third-order valence-electron chi connectivity index (χ3n) is 26.2. The van der Waals surface area contributed by atoms with Gasteiger partial charge in [0.2, 0.25) is 34.2 Å². The standard InChI is InChI=1S/C27H27N2.C20H20N.C19H25N2.2C18H23N2.C17H21N2/c1-18-8-10-22(11-9-18)23-15-19(2)26(20(3)16-23)25-7-6-14-29(5)27(25)24-12-13-28-17-21(24)4;1-15-9-4-5-11-17(15)18-12-8-10-16(2)20(18)19-13-6-7-14-21(19)3;1-15-14-20-11-10-18(15)19-17(9-6-12-21(19)2)13-16-7-4-3-5-8-16;1-14-13-19-10-9-17(14)18-16(8-5-11-20(18)2)12-15-6-3-4-7-15;1-14-13-19-11-10-16(14)18-17(9-6-12-20(18)2)15-7-4-3-5-8-15;1-13-12-18-10-9-15(13)17-16(8-5-11-19(17)2)14-6-3-4-7-14/h6-17H,1-5H3;4-14H,1-3H3;6,9-12,14,16H,3-5,7-8,13H2,1-2H3;5,8-11,13,15H,3-4,6-7,12H2,1-2H3;6,9-13,15H,3-5,7-8H2,1-2H3;5,8-12,14H,3-4,6-7H2,1-2H3/q6*+1/i2D3,3D3;;13D2;12D2;15D;14D. The highest BCUT2D eigenvalue weighted by Crippen LogP contribution is 2.43. The van der Waals surface area contributed by atoms with E-state index >= 15 is 0 Å². The van der Waals surface area contributed by atoms with Crippen molar-refractivity contribution in [3.05, 3.63) is 365 Å². The number of pyridine rings is 11. The molecule has 4 aromatic carbocycles. The first-order valence-corrected chi connectivity index (χ1v) is 46.7. The molecule has 11 aromatic heterocycles. The highest BCUT2D eigenvalue weighted by Gasteiger charge is 2.31. The number of benzene rings is 4. The van der Waals surface area contributed by atoms with Gasteiger partial charge in [0.15, 0.2) is 37.2 Å². The van der Waals surface area contributed by atoms with E-state index in [0.29, 0.717) is 11.1 Å². The molecule has 0 amide bonds. The topological polar surface area (TPSA) is 87.7 Å². The van der Waals surface area contributed by atoms with Crippen molar-refractivity contribution < 1.29 is 43.9 Å². The van der Waals surface area contributed by atoms with E-state index in [9.17, 15) is 0 Å². The fourth-order valence-corrected chi connectivity index (χ4v) is 19.2. The van der Waals surface area contributed by atoms with Gasteiger partial charge in [-0.2, -0.15) is 0 Å². The van der Waals surface area contributed by atoms with Crippen LogP contribution in [-0.4, -0.2) is 24.9 Å². The molecule has 664 valence electrons. The van der Waals surface area contributed by atoms with Crippen LogP contribution in [0.4, 0.5) is 0 Å². The summed E-state index contributed by atoms with van der Waals surface area (Å²) in [6, 6.07) is 62.1. The van der Waals surface area contributed by atoms with Crippen LogP contribution < -0.4 is 27.4 Å². The molecule has 130 heavy (non-hydrogen) atoms. The number of rotatable bonds is 15. The molecule has 11 heteroatoms. The molecular formula is C119H139N11+6. The predicted molar refractivity (Wildman–Crippen MR) is 534 cm³/mol. The van der Waals surface area contributed by atoms with Gasteiger partial charge in [-0.15, -0.1) is 0 Å². The summed E-state index contributed by atoms with van der Waals surface area (Å²) in [5.74, 6) is -0.637. The number of nitrogens with zero attached hydrogens (tertiary/aromatic N) is 11. The summed E-state index contributed by atoms with van der Waals surface area (Å²) in [6.07, 6.45) is 47.2. The van der Waals surface area contributed by atoms with Crippen molar-refractivity contribution >= 4 is 0 Å². The maximum absolute atomic E-state index is 8.99. The van der Waals surface area contributed by atoms with E-state index in [1.54, 1.807) is 49.1 Å². The van der Waals surface area contributed by atoms with Gasteiger partial charge in [0.1, 0.15) is 42.3 Å². The Hall–Kier alpha value is -12.5. The highest BCUT2D eigenvalue weighted by atomic mass is 15.0. The molecule has 19 rings (SSSR count). The predicted octanol–water partition coefficient (Wildman–Crippen LogP) is 25.7. The van der Waals surface area contributed by atoms with E-state index in [1.807, 2.05) is 185 Å². The number of aromatic nitrogens is 11. The van der Waals surface area contributed by atoms with Crippen molar-refractivity contribution in [1.82, 2.24) is 24.9 Å². The Labute approximate surface area is 793 Å². The average molecular weight is 1740 g/mol. The second kappa shape index (κ2) is 45.2. The van der Waals surface area contributed by atoms with Gasteiger partial charge in [-0.1, -0.05) is 174 Å². The van der Waals surface area contributed by atoms with Gasteiger partial charge in [-0.05, 0) is 276 Å². The molecule has 0 aliphatic heterocycles. The van der Waals surface area contributed by atoms with Crippen LogP contribution in [-0.2, 0) is 55.0 Å². The van der Waals surface area contributed by atoms with Gasteiger partial charge >= 0.3 is 0 Å². The van der Waals surface area contributed by atoms with Crippen molar-refractivity contribution in [3.63, 3.8) is 0 Å². The first-order chi connectivity index (χ1) is 67.8. The van der Waals surface area contributed by atoms with E-state index in [4.69, 9.17) is 16.4 Å². The SMILES string of the molecule is Cc1ccccc1-c1cccc(C)c1-c1cccc[n+]1C.[2H]C([2H])([2H])c1cc(-c2ccc(C)cc2)cc(C([2H])([2H])[2H])c1-c1ccc[n+](C)c1-c1ccncc1C.[2H]C([2H])(c1ccc[n+](C)c1-c1ccncc1C)C1CCCC1.[2H]C([2H])(c1ccc[n+](C)c1-c1ccncc1C)C1CCCCC1.[2H]C1(c2ccc[n+](C)c2-c2ccncc2C)CCCC1.[2H]C1(c2ccc[n+](C)c2-c2ccncc2C)CCCCC1. The molecular weight excluding hydrogens is 1580 g/mol. The minimum absolute atomic E-state index is 0.0147. The molecule has 0 atom stereocenters. The Kier molecular flexibility index (Phi) is 27.3. The smallest absolute Gasteiger partial charge is 0.220 e. The van der Waals surface area contributed by atoms with E-state index < -0.39 is 38.2 Å². The van der Waals surface area contributed by atoms with Crippen molar-refractivity contribution in [2.24, 2.45) is 54.1 Å². The summed E-state index contributed by atoms with van der Waals surface area (Å²) < 4.78 is 116. The summed E-state index contributed by atoms with van der Waals surface area (Å²) in [6.45, 7) is 11.4. The van der Waals surface area contributed by atoms with Gasteiger partial charge < -0.3 is 0 Å². The Balaban J connectivity index is 0.000000137. The van der Waals surface area contributed by atoms with E-state index in [1.165, 1.54) is 80.0 Å². The first kappa shape index (κ1) is 78.6. The van der Waals surface area contributed by atoms with Crippen LogP contribution in [0.25, 0.3) is 101 Å². The van der Waals surface area contributed by atoms with Gasteiger partial charge in [-0.25, -0.2) is 27.4 Å². The number of hydrogen-bond acceptors (Lipinski definition) is 5. The van der Waals surface area contributed by atoms with Crippen LogP contribution in [0.3, 0.4) is 0 Å². The van der Waals surface area contributed by atoms with Crippen molar-refractivity contribution in [2.75, 3.05) is 0 Å². The second-order valence-corrected chi connectivity index (χ2v) is 35.8. The summed E-state index contributed by atoms with van der Waals surface area (Å²) in [5.41, 5.74) is 30.7. The first-order valence-electron chi connectivity index (χ1n) is 52.7. The lowest BCUT2D eigenvalue weighted by Gasteiger charge is -2.23. The fraction of sp³-hybridized carbons (Fsp3) is 0.336. The molecule has 15 aromatic rings. The summed E-state index contributed by atoms with van der Waals surface area (Å²) >= 11 is 0. The van der Waals surface area contributed by atoms with E-state index in [2.05, 4.69) is 203 Å². The monoisotopic (exact) mass is 1730 g/mol. The zero-order valence-corrected chi connectivity index (χ0v) is 78.9. The lowest BCUT2D eigenvalue weighted by Crippen LogP contribution is -2.32. The third kappa shape index (κ3) is 23.0. The molecule has 0 N–H and O–H groups in total. The van der Waals surface area contributed by atoms with Crippen LogP contribution in [0.5, 0.6) is 0 Å². The van der Waals surface area contributed by atoms with Gasteiger partial charge in [0, 0.05) is 143 Å². The highest BCUT2D eigenvalue weighted by molar-refractivity contribution is 5.86. The van der Waals surface area contributed by atoms with E-state index in [0.717, 1.165) is 187 Å². The van der Waals surface area contributed by atoms with Gasteiger partial charge in [-0.3, -0.25) is 24.9 Å². The fourth-order valence-electron chi connectivity index (χ4n) is 19.2. The molecule has 4 aliphatic carbocycles. The number of aryl methyl sites for hydroxylation is 16. The Morgan fingerprint density at radius 2 is 0.638 bits per heavy atom. The van der Waals surface area contributed by atoms with Crippen LogP contribution >= 0.6 is 0 Å². The third-order valence-corrected chi connectivity index (χ3v) is 26.2. The van der Waals surface area contributed by atoms with Crippen molar-refractivity contribution in [1.29, 1.82) is 0 Å². The lowest BCUT2D eigenvalue weighted by molar-refractivity contribution is -0.661. The molecule has 0 spiro atoms. The van der Waals surface area contributed by atoms with Crippen LogP contribution in [0, 0.1) is 80.9 Å². The molecule has 11 nitrogen and oxygen atoms in total. The zero-order valence-electron chi connectivity index (χ0n) is 90.9. The normalized spacial score (nSPS) is 16.3. The minimum Gasteiger partial charge on any atom is -0.264 e. The van der Waals surface area contributed by atoms with E-state index in [-0.39, 0.29) is 28.5 Å².